The zero-order valence-electron chi connectivity index (χ0n) is 20.8. The predicted molar refractivity (Wildman–Crippen MR) is 144 cm³/mol. The van der Waals surface area contributed by atoms with Gasteiger partial charge >= 0.3 is 0 Å². The van der Waals surface area contributed by atoms with Crippen LogP contribution in [0.5, 0.6) is 5.75 Å². The van der Waals surface area contributed by atoms with Crippen LogP contribution in [-0.2, 0) is 11.2 Å². The highest BCUT2D eigenvalue weighted by molar-refractivity contribution is 7.99. The molecule has 9 nitrogen and oxygen atoms in total. The number of unbranched alkanes of at least 4 members (excludes halogenated alkanes) is 2. The zero-order chi connectivity index (χ0) is 26.5. The number of hydrogen-bond acceptors (Lipinski definition) is 8. The molecule has 4 aromatic rings. The summed E-state index contributed by atoms with van der Waals surface area (Å²) in [7, 11) is 1.57. The van der Waals surface area contributed by atoms with E-state index in [0.29, 0.717) is 53.1 Å². The first-order valence-electron chi connectivity index (χ1n) is 12.3. The number of hydrogen-bond donors (Lipinski definition) is 1. The van der Waals surface area contributed by atoms with Gasteiger partial charge in [-0.2, -0.15) is 0 Å². The van der Waals surface area contributed by atoms with Gasteiger partial charge in [0.1, 0.15) is 5.75 Å². The van der Waals surface area contributed by atoms with Gasteiger partial charge in [-0.1, -0.05) is 48.5 Å². The molecular formula is C28H26N4O5S. The van der Waals surface area contributed by atoms with Crippen LogP contribution in [0.25, 0.3) is 10.8 Å². The molecule has 3 amide bonds. The third kappa shape index (κ3) is 5.55. The Hall–Kier alpha value is -4.18. The van der Waals surface area contributed by atoms with Gasteiger partial charge in [0.25, 0.3) is 17.0 Å². The van der Waals surface area contributed by atoms with Crippen LogP contribution in [0.1, 0.15) is 45.9 Å². The predicted octanol–water partition coefficient (Wildman–Crippen LogP) is 4.97. The monoisotopic (exact) mass is 530 g/mol. The van der Waals surface area contributed by atoms with Crippen LogP contribution in [0.15, 0.2) is 70.3 Å². The van der Waals surface area contributed by atoms with E-state index in [-0.39, 0.29) is 23.5 Å². The molecule has 2 heterocycles. The average Bonchev–Trinajstić information content (AvgIpc) is 3.39. The number of rotatable bonds is 11. The second-order valence-electron chi connectivity index (χ2n) is 8.81. The molecule has 0 saturated carbocycles. The first-order chi connectivity index (χ1) is 18.5. The highest BCUT2D eigenvalue weighted by atomic mass is 32.2. The lowest BCUT2D eigenvalue weighted by atomic mass is 9.94. The van der Waals surface area contributed by atoms with E-state index in [2.05, 4.69) is 15.5 Å². The average molecular weight is 531 g/mol. The number of imide groups is 1. The fraction of sp³-hybridized carbons (Fsp3) is 0.250. The number of anilines is 1. The van der Waals surface area contributed by atoms with Crippen LogP contribution in [-0.4, -0.2) is 52.2 Å². The van der Waals surface area contributed by atoms with Gasteiger partial charge in [0, 0.05) is 41.2 Å². The lowest BCUT2D eigenvalue weighted by Crippen LogP contribution is -2.40. The molecule has 0 bridgehead atoms. The maximum absolute atomic E-state index is 13.0. The molecule has 0 saturated heterocycles. The highest BCUT2D eigenvalue weighted by Gasteiger charge is 2.32. The number of ether oxygens (including phenoxy) is 1. The standard InChI is InChI=1S/C28H26N4O5S/c1-36-20-11-7-10-19(16-20)29-23(33)17-38-28-31-30-24(37-28)14-3-2-4-15-32-26(34)21-12-5-8-18-9-6-13-22(25(18)21)27(32)35/h5-13,16H,2-4,14-15,17H2,1H3,(H,29,33). The summed E-state index contributed by atoms with van der Waals surface area (Å²) in [6.07, 6.45) is 2.81. The fourth-order valence-corrected chi connectivity index (χ4v) is 5.01. The molecule has 3 aromatic carbocycles. The largest absolute Gasteiger partial charge is 0.497 e. The SMILES string of the molecule is COc1cccc(NC(=O)CSc2nnc(CCCCCN3C(=O)c4cccc5cccc(c45)C3=O)o2)c1. The summed E-state index contributed by atoms with van der Waals surface area (Å²) in [5.41, 5.74) is 1.80. The lowest BCUT2D eigenvalue weighted by molar-refractivity contribution is -0.113. The maximum atomic E-state index is 13.0. The molecule has 5 rings (SSSR count). The quantitative estimate of drug-likeness (QED) is 0.164. The number of carbonyl (C=O) groups excluding carboxylic acids is 3. The Bertz CT molecular complexity index is 1450. The number of methoxy groups -OCH3 is 1. The molecule has 1 N–H and O–H groups in total. The second-order valence-corrected chi connectivity index (χ2v) is 9.74. The Morgan fingerprint density at radius 3 is 2.45 bits per heavy atom. The number of nitrogens with one attached hydrogen (secondary N) is 1. The van der Waals surface area contributed by atoms with Crippen molar-refractivity contribution in [1.82, 2.24) is 15.1 Å². The minimum atomic E-state index is -0.242. The Labute approximate surface area is 223 Å². The van der Waals surface area contributed by atoms with Crippen LogP contribution >= 0.6 is 11.8 Å². The van der Waals surface area contributed by atoms with Gasteiger partial charge in [-0.05, 0) is 42.5 Å². The number of aromatic nitrogens is 2. The van der Waals surface area contributed by atoms with Crippen LogP contribution in [0.3, 0.4) is 0 Å². The van der Waals surface area contributed by atoms with E-state index in [1.165, 1.54) is 16.7 Å². The molecule has 0 spiro atoms. The summed E-state index contributed by atoms with van der Waals surface area (Å²) in [5, 5.41) is 12.8. The molecule has 0 fully saturated rings. The third-order valence-electron chi connectivity index (χ3n) is 6.26. The van der Waals surface area contributed by atoms with E-state index in [4.69, 9.17) is 9.15 Å². The topological polar surface area (TPSA) is 115 Å². The molecule has 194 valence electrons. The lowest BCUT2D eigenvalue weighted by Gasteiger charge is -2.27. The molecule has 0 unspecified atom stereocenters. The van der Waals surface area contributed by atoms with Crippen LogP contribution < -0.4 is 10.1 Å². The van der Waals surface area contributed by atoms with Crippen molar-refractivity contribution in [3.05, 3.63) is 77.7 Å². The van der Waals surface area contributed by atoms with Crippen LogP contribution in [0, 0.1) is 0 Å². The number of benzene rings is 3. The molecule has 38 heavy (non-hydrogen) atoms. The van der Waals surface area contributed by atoms with Crippen molar-refractivity contribution < 1.29 is 23.5 Å². The first kappa shape index (κ1) is 25.5. The number of aryl methyl sites for hydroxylation is 1. The summed E-state index contributed by atoms with van der Waals surface area (Å²) < 4.78 is 10.8. The van der Waals surface area contributed by atoms with E-state index in [1.807, 2.05) is 24.3 Å². The van der Waals surface area contributed by atoms with E-state index in [1.54, 1.807) is 43.5 Å². The van der Waals surface area contributed by atoms with Crippen molar-refractivity contribution in [3.63, 3.8) is 0 Å². The normalized spacial score (nSPS) is 12.7. The van der Waals surface area contributed by atoms with Crippen molar-refractivity contribution in [1.29, 1.82) is 0 Å². The number of amides is 3. The summed E-state index contributed by atoms with van der Waals surface area (Å²) >= 11 is 1.17. The van der Waals surface area contributed by atoms with Gasteiger partial charge in [-0.15, -0.1) is 10.2 Å². The maximum Gasteiger partial charge on any atom is 0.277 e. The molecule has 0 aliphatic carbocycles. The molecular weight excluding hydrogens is 504 g/mol. The van der Waals surface area contributed by atoms with Gasteiger partial charge in [0.15, 0.2) is 0 Å². The Balaban J connectivity index is 1.05. The Morgan fingerprint density at radius 1 is 0.974 bits per heavy atom. The van der Waals surface area contributed by atoms with Crippen molar-refractivity contribution in [2.24, 2.45) is 0 Å². The summed E-state index contributed by atoms with van der Waals surface area (Å²) in [4.78, 5) is 39.5. The summed E-state index contributed by atoms with van der Waals surface area (Å²) in [6.45, 7) is 0.357. The number of carbonyl (C=O) groups is 3. The van der Waals surface area contributed by atoms with Crippen LogP contribution in [0.4, 0.5) is 5.69 Å². The minimum Gasteiger partial charge on any atom is -0.497 e. The van der Waals surface area contributed by atoms with Crippen molar-refractivity contribution in [3.8, 4) is 5.75 Å². The van der Waals surface area contributed by atoms with Crippen molar-refractivity contribution in [2.45, 2.75) is 30.9 Å². The molecule has 0 atom stereocenters. The third-order valence-corrected chi connectivity index (χ3v) is 7.08. The van der Waals surface area contributed by atoms with E-state index in [0.717, 1.165) is 23.6 Å². The number of thioether (sulfide) groups is 1. The second kappa shape index (κ2) is 11.5. The van der Waals surface area contributed by atoms with Gasteiger partial charge in [0.05, 0.1) is 12.9 Å². The molecule has 10 heteroatoms. The number of nitrogens with zero attached hydrogens (tertiary/aromatic N) is 3. The smallest absolute Gasteiger partial charge is 0.277 e. The van der Waals surface area contributed by atoms with Gasteiger partial charge in [-0.3, -0.25) is 19.3 Å². The van der Waals surface area contributed by atoms with Crippen molar-refractivity contribution >= 4 is 45.9 Å². The van der Waals surface area contributed by atoms with Gasteiger partial charge in [-0.25, -0.2) is 0 Å². The highest BCUT2D eigenvalue weighted by Crippen LogP contribution is 2.30. The van der Waals surface area contributed by atoms with E-state index in [9.17, 15) is 14.4 Å². The van der Waals surface area contributed by atoms with E-state index < -0.39 is 0 Å². The fourth-order valence-electron chi connectivity index (χ4n) is 4.43. The van der Waals surface area contributed by atoms with E-state index >= 15 is 0 Å². The summed E-state index contributed by atoms with van der Waals surface area (Å²) in [6, 6.07) is 18.2. The molecule has 1 aromatic heterocycles. The van der Waals surface area contributed by atoms with Crippen molar-refractivity contribution in [2.75, 3.05) is 24.7 Å². The van der Waals surface area contributed by atoms with Crippen LogP contribution in [0.2, 0.25) is 0 Å². The molecule has 1 aliphatic rings. The minimum absolute atomic E-state index is 0.133. The van der Waals surface area contributed by atoms with Gasteiger partial charge < -0.3 is 14.5 Å². The summed E-state index contributed by atoms with van der Waals surface area (Å²) in [5.74, 6) is 0.610. The van der Waals surface area contributed by atoms with Gasteiger partial charge in [0.2, 0.25) is 11.8 Å². The Kier molecular flexibility index (Phi) is 7.69. The molecule has 0 radical (unpaired) electrons. The molecule has 1 aliphatic heterocycles. The first-order valence-corrected chi connectivity index (χ1v) is 13.3. The Morgan fingerprint density at radius 2 is 1.71 bits per heavy atom. The zero-order valence-corrected chi connectivity index (χ0v) is 21.6.